The van der Waals surface area contributed by atoms with Crippen LogP contribution in [0, 0.1) is 30.4 Å². The number of rotatable bonds is 2. The highest BCUT2D eigenvalue weighted by Crippen LogP contribution is 2.22. The number of ether oxygens (including phenoxy) is 1. The molecule has 0 radical (unpaired) electrons. The summed E-state index contributed by atoms with van der Waals surface area (Å²) < 4.78 is 33.5. The first-order valence-electron chi connectivity index (χ1n) is 7.67. The minimum Gasteiger partial charge on any atom is -0.463 e. The molecule has 3 rings (SSSR count). The molecule has 27 heavy (non-hydrogen) atoms. The molecule has 0 fully saturated rings. The quantitative estimate of drug-likeness (QED) is 0.382. The number of esters is 1. The topological polar surface area (TPSA) is 57.0 Å². The molecule has 0 unspecified atom stereocenters. The van der Waals surface area contributed by atoms with Gasteiger partial charge in [0.05, 0.1) is 18.5 Å². The van der Waals surface area contributed by atoms with Crippen LogP contribution < -0.4 is 0 Å². The number of carbonyl (C=O) groups is 1. The van der Waals surface area contributed by atoms with Gasteiger partial charge in [-0.15, -0.1) is 0 Å². The maximum absolute atomic E-state index is 14.3. The highest BCUT2D eigenvalue weighted by atomic mass is 35.5. The number of halogens is 3. The second kappa shape index (κ2) is 7.56. The van der Waals surface area contributed by atoms with E-state index in [-0.39, 0.29) is 22.4 Å². The van der Waals surface area contributed by atoms with E-state index in [1.165, 1.54) is 23.9 Å². The summed E-state index contributed by atoms with van der Waals surface area (Å²) in [6, 6.07) is 6.25. The Labute approximate surface area is 158 Å². The van der Waals surface area contributed by atoms with Gasteiger partial charge < -0.3 is 4.74 Å². The van der Waals surface area contributed by atoms with Gasteiger partial charge in [-0.1, -0.05) is 17.5 Å². The zero-order valence-electron chi connectivity index (χ0n) is 14.3. The third kappa shape index (κ3) is 3.81. The predicted octanol–water partition coefficient (Wildman–Crippen LogP) is 3.69. The smallest absolute Gasteiger partial charge is 0.374 e. The first kappa shape index (κ1) is 18.5. The van der Waals surface area contributed by atoms with E-state index in [0.29, 0.717) is 11.3 Å². The number of imidazole rings is 1. The fourth-order valence-electron chi connectivity index (χ4n) is 2.42. The lowest BCUT2D eigenvalue weighted by atomic mass is 10.2. The highest BCUT2D eigenvalue weighted by molar-refractivity contribution is 6.29. The number of pyridine rings is 1. The average Bonchev–Trinajstić information content (AvgIpc) is 2.96. The number of hydrogen-bond acceptors (Lipinski definition) is 4. The van der Waals surface area contributed by atoms with Crippen LogP contribution in [-0.4, -0.2) is 27.6 Å². The summed E-state index contributed by atoms with van der Waals surface area (Å²) in [5.41, 5.74) is 1.19. The van der Waals surface area contributed by atoms with Crippen molar-refractivity contribution in [3.8, 4) is 17.5 Å². The van der Waals surface area contributed by atoms with Gasteiger partial charge in [-0.25, -0.2) is 23.5 Å². The molecule has 0 bridgehead atoms. The maximum Gasteiger partial charge on any atom is 0.374 e. The number of carbonyl (C=O) groups excluding carboxylic acids is 1. The highest BCUT2D eigenvalue weighted by Gasteiger charge is 2.23. The zero-order chi connectivity index (χ0) is 19.6. The van der Waals surface area contributed by atoms with Crippen LogP contribution >= 0.6 is 11.6 Å². The van der Waals surface area contributed by atoms with E-state index >= 15 is 0 Å². The summed E-state index contributed by atoms with van der Waals surface area (Å²) in [6.07, 6.45) is 1.51. The first-order valence-corrected chi connectivity index (χ1v) is 8.05. The van der Waals surface area contributed by atoms with Crippen molar-refractivity contribution in [1.82, 2.24) is 14.5 Å². The van der Waals surface area contributed by atoms with Gasteiger partial charge in [-0.3, -0.25) is 4.57 Å². The summed E-state index contributed by atoms with van der Waals surface area (Å²) in [5, 5.41) is 0.285. The summed E-state index contributed by atoms with van der Waals surface area (Å²) in [5.74, 6) is 3.16. The summed E-state index contributed by atoms with van der Waals surface area (Å²) in [6.45, 7) is 1.62. The largest absolute Gasteiger partial charge is 0.463 e. The Morgan fingerprint density at radius 3 is 2.67 bits per heavy atom. The molecule has 0 aliphatic rings. The van der Waals surface area contributed by atoms with Gasteiger partial charge in [-0.2, -0.15) is 0 Å². The van der Waals surface area contributed by atoms with E-state index in [9.17, 15) is 13.6 Å². The fourth-order valence-corrected chi connectivity index (χ4v) is 2.59. The van der Waals surface area contributed by atoms with Gasteiger partial charge in [0.2, 0.25) is 5.82 Å². The van der Waals surface area contributed by atoms with Gasteiger partial charge in [-0.05, 0) is 37.1 Å². The SMILES string of the molecule is COC(=O)c1nc(C#Cc2ccnc(Cl)c2)c(C)n1-c1ccc(F)cc1F. The fraction of sp³-hybridized carbons (Fsp3) is 0.105. The van der Waals surface area contributed by atoms with Crippen LogP contribution in [0.1, 0.15) is 27.6 Å². The molecule has 0 aliphatic heterocycles. The summed E-state index contributed by atoms with van der Waals surface area (Å²) in [7, 11) is 1.18. The molecule has 2 aromatic heterocycles. The van der Waals surface area contributed by atoms with Crippen LogP contribution in [0.2, 0.25) is 5.15 Å². The second-order valence-corrected chi connectivity index (χ2v) is 5.80. The molecule has 3 aromatic rings. The number of hydrogen-bond donors (Lipinski definition) is 0. The van der Waals surface area contributed by atoms with Crippen LogP contribution in [0.3, 0.4) is 0 Å². The normalized spacial score (nSPS) is 10.3. The van der Waals surface area contributed by atoms with E-state index in [1.54, 1.807) is 19.1 Å². The molecule has 0 amide bonds. The van der Waals surface area contributed by atoms with Crippen molar-refractivity contribution in [3.63, 3.8) is 0 Å². The lowest BCUT2D eigenvalue weighted by Gasteiger charge is -2.09. The molecule has 5 nitrogen and oxygen atoms in total. The Balaban J connectivity index is 2.15. The molecule has 0 spiro atoms. The van der Waals surface area contributed by atoms with Crippen molar-refractivity contribution < 1.29 is 18.3 Å². The van der Waals surface area contributed by atoms with E-state index in [0.717, 1.165) is 12.1 Å². The Morgan fingerprint density at radius 2 is 2.00 bits per heavy atom. The van der Waals surface area contributed by atoms with Gasteiger partial charge in [0, 0.05) is 17.8 Å². The molecule has 2 heterocycles. The first-order chi connectivity index (χ1) is 12.9. The van der Waals surface area contributed by atoms with Crippen molar-refractivity contribution >= 4 is 17.6 Å². The van der Waals surface area contributed by atoms with Crippen molar-refractivity contribution in [2.24, 2.45) is 0 Å². The average molecular weight is 388 g/mol. The van der Waals surface area contributed by atoms with Crippen LogP contribution in [0.25, 0.3) is 5.69 Å². The van der Waals surface area contributed by atoms with Crippen molar-refractivity contribution in [2.75, 3.05) is 7.11 Å². The Morgan fingerprint density at radius 1 is 1.22 bits per heavy atom. The van der Waals surface area contributed by atoms with Crippen LogP contribution in [0.5, 0.6) is 0 Å². The number of nitrogens with zero attached hydrogens (tertiary/aromatic N) is 3. The van der Waals surface area contributed by atoms with E-state index in [1.807, 2.05) is 0 Å². The summed E-state index contributed by atoms with van der Waals surface area (Å²) >= 11 is 5.83. The van der Waals surface area contributed by atoms with E-state index < -0.39 is 17.6 Å². The van der Waals surface area contributed by atoms with Crippen LogP contribution in [-0.2, 0) is 4.74 Å². The van der Waals surface area contributed by atoms with Crippen molar-refractivity contribution in [3.05, 3.63) is 76.1 Å². The van der Waals surface area contributed by atoms with E-state index in [2.05, 4.69) is 21.8 Å². The number of methoxy groups -OCH3 is 1. The molecule has 0 saturated heterocycles. The third-order valence-electron chi connectivity index (χ3n) is 3.68. The zero-order valence-corrected chi connectivity index (χ0v) is 15.0. The molecule has 1 aromatic carbocycles. The number of benzene rings is 1. The Bertz CT molecular complexity index is 1100. The monoisotopic (exact) mass is 387 g/mol. The predicted molar refractivity (Wildman–Crippen MR) is 94.8 cm³/mol. The lowest BCUT2D eigenvalue weighted by Crippen LogP contribution is -2.12. The summed E-state index contributed by atoms with van der Waals surface area (Å²) in [4.78, 5) is 20.1. The maximum atomic E-state index is 14.3. The minimum atomic E-state index is -0.846. The number of aromatic nitrogens is 3. The van der Waals surface area contributed by atoms with E-state index in [4.69, 9.17) is 16.3 Å². The van der Waals surface area contributed by atoms with Crippen LogP contribution in [0.4, 0.5) is 8.78 Å². The molecule has 136 valence electrons. The molecule has 0 aliphatic carbocycles. The minimum absolute atomic E-state index is 0.0400. The Hall–Kier alpha value is -3.24. The standard InChI is InChI=1S/C19H12ClF2N3O2/c1-11-15(5-3-12-7-8-23-17(20)9-12)24-18(19(26)27-2)25(11)16-6-4-13(21)10-14(16)22/h4,6-10H,1-2H3. The van der Waals surface area contributed by atoms with Crippen molar-refractivity contribution in [1.29, 1.82) is 0 Å². The van der Waals surface area contributed by atoms with Gasteiger partial charge >= 0.3 is 5.97 Å². The molecular formula is C19H12ClF2N3O2. The molecule has 0 saturated carbocycles. The lowest BCUT2D eigenvalue weighted by molar-refractivity contribution is 0.0584. The molecule has 0 N–H and O–H groups in total. The third-order valence-corrected chi connectivity index (χ3v) is 3.88. The van der Waals surface area contributed by atoms with Crippen molar-refractivity contribution in [2.45, 2.75) is 6.92 Å². The second-order valence-electron chi connectivity index (χ2n) is 5.41. The van der Waals surface area contributed by atoms with Gasteiger partial charge in [0.25, 0.3) is 0 Å². The van der Waals surface area contributed by atoms with Gasteiger partial charge in [0.1, 0.15) is 22.5 Å². The van der Waals surface area contributed by atoms with Crippen LogP contribution in [0.15, 0.2) is 36.5 Å². The Kier molecular flexibility index (Phi) is 5.19. The van der Waals surface area contributed by atoms with Gasteiger partial charge in [0.15, 0.2) is 0 Å². The molecule has 8 heteroatoms. The molecule has 0 atom stereocenters. The molecular weight excluding hydrogens is 376 g/mol.